The van der Waals surface area contributed by atoms with Crippen molar-refractivity contribution in [1.82, 2.24) is 15.5 Å². The number of aliphatic imine (C=N–C) groups is 1. The van der Waals surface area contributed by atoms with E-state index >= 15 is 0 Å². The molecule has 0 saturated carbocycles. The molecule has 0 aromatic heterocycles. The highest BCUT2D eigenvalue weighted by Crippen LogP contribution is 2.27. The number of ether oxygens (including phenoxy) is 2. The summed E-state index contributed by atoms with van der Waals surface area (Å²) in [7, 11) is 5.14. The van der Waals surface area contributed by atoms with E-state index in [2.05, 4.69) is 33.5 Å². The Bertz CT molecular complexity index is 586. The number of benzene rings is 1. The summed E-state index contributed by atoms with van der Waals surface area (Å²) in [5.74, 6) is 2.99. The lowest BCUT2D eigenvalue weighted by Crippen LogP contribution is -2.42. The molecule has 0 radical (unpaired) electrons. The van der Waals surface area contributed by atoms with Crippen LogP contribution in [0.5, 0.6) is 11.5 Å². The Kier molecular flexibility index (Phi) is 9.25. The molecule has 1 aromatic carbocycles. The van der Waals surface area contributed by atoms with Crippen LogP contribution in [0.1, 0.15) is 31.7 Å². The number of hydrogen-bond donors (Lipinski definition) is 2. The summed E-state index contributed by atoms with van der Waals surface area (Å²) in [6, 6.07) is 6.04. The highest BCUT2D eigenvalue weighted by Gasteiger charge is 2.13. The second kappa shape index (κ2) is 11.7. The summed E-state index contributed by atoms with van der Waals surface area (Å²) in [6.07, 6.45) is 4.98. The van der Waals surface area contributed by atoms with E-state index in [9.17, 15) is 0 Å². The zero-order chi connectivity index (χ0) is 19.5. The number of likely N-dealkylation sites (tertiary alicyclic amines) is 1. The van der Waals surface area contributed by atoms with Gasteiger partial charge in [0, 0.05) is 26.7 Å². The van der Waals surface area contributed by atoms with Crippen molar-refractivity contribution in [2.24, 2.45) is 10.9 Å². The smallest absolute Gasteiger partial charge is 0.190 e. The van der Waals surface area contributed by atoms with Crippen LogP contribution in [0.2, 0.25) is 0 Å². The molecule has 2 rings (SSSR count). The molecule has 1 aliphatic rings. The van der Waals surface area contributed by atoms with Gasteiger partial charge in [-0.2, -0.15) is 0 Å². The van der Waals surface area contributed by atoms with Gasteiger partial charge >= 0.3 is 0 Å². The topological polar surface area (TPSA) is 58.1 Å². The van der Waals surface area contributed by atoms with Crippen molar-refractivity contribution < 1.29 is 9.47 Å². The lowest BCUT2D eigenvalue weighted by molar-refractivity contribution is 0.201. The lowest BCUT2D eigenvalue weighted by atomic mass is 10.1. The highest BCUT2D eigenvalue weighted by atomic mass is 16.5. The van der Waals surface area contributed by atoms with E-state index in [1.165, 1.54) is 37.9 Å². The fourth-order valence-electron chi connectivity index (χ4n) is 3.50. The predicted molar refractivity (Wildman–Crippen MR) is 112 cm³/mol. The molecule has 152 valence electrons. The van der Waals surface area contributed by atoms with Gasteiger partial charge in [0.05, 0.1) is 14.2 Å². The number of methoxy groups -OCH3 is 2. The molecular formula is C21H36N4O2. The summed E-state index contributed by atoms with van der Waals surface area (Å²) < 4.78 is 10.7. The molecule has 0 bridgehead atoms. The minimum Gasteiger partial charge on any atom is -0.493 e. The van der Waals surface area contributed by atoms with Gasteiger partial charge in [-0.3, -0.25) is 4.99 Å². The van der Waals surface area contributed by atoms with Gasteiger partial charge < -0.3 is 25.0 Å². The molecular weight excluding hydrogens is 340 g/mol. The minimum atomic E-state index is 0.604. The van der Waals surface area contributed by atoms with Crippen LogP contribution < -0.4 is 20.1 Å². The normalized spacial score (nSPS) is 16.7. The van der Waals surface area contributed by atoms with Gasteiger partial charge in [0.25, 0.3) is 0 Å². The monoisotopic (exact) mass is 376 g/mol. The maximum atomic E-state index is 5.37. The van der Waals surface area contributed by atoms with Crippen molar-refractivity contribution in [3.05, 3.63) is 23.8 Å². The average molecular weight is 377 g/mol. The Morgan fingerprint density at radius 1 is 1.11 bits per heavy atom. The van der Waals surface area contributed by atoms with E-state index in [0.29, 0.717) is 5.92 Å². The SMILES string of the molecule is CN=C(NCCc1ccc(OC)c(OC)c1)NCC(C)CN1CCCCC1. The molecule has 1 saturated heterocycles. The highest BCUT2D eigenvalue weighted by molar-refractivity contribution is 5.79. The molecule has 1 atom stereocenters. The first-order valence-electron chi connectivity index (χ1n) is 10.0. The zero-order valence-corrected chi connectivity index (χ0v) is 17.4. The fourth-order valence-corrected chi connectivity index (χ4v) is 3.50. The van der Waals surface area contributed by atoms with Crippen molar-refractivity contribution in [2.45, 2.75) is 32.6 Å². The van der Waals surface area contributed by atoms with Gasteiger partial charge in [-0.1, -0.05) is 19.4 Å². The zero-order valence-electron chi connectivity index (χ0n) is 17.4. The number of nitrogens with zero attached hydrogens (tertiary/aromatic N) is 2. The first kappa shape index (κ1) is 21.4. The summed E-state index contributed by atoms with van der Waals surface area (Å²) in [5, 5.41) is 6.85. The van der Waals surface area contributed by atoms with Gasteiger partial charge in [-0.05, 0) is 56.0 Å². The first-order chi connectivity index (χ1) is 13.2. The predicted octanol–water partition coefficient (Wildman–Crippen LogP) is 2.53. The number of piperidine rings is 1. The van der Waals surface area contributed by atoms with E-state index in [1.54, 1.807) is 14.2 Å². The van der Waals surface area contributed by atoms with Crippen molar-refractivity contribution in [2.75, 3.05) is 54.0 Å². The van der Waals surface area contributed by atoms with Crippen molar-refractivity contribution in [3.63, 3.8) is 0 Å². The van der Waals surface area contributed by atoms with Crippen LogP contribution in [0, 0.1) is 5.92 Å². The molecule has 6 heteroatoms. The Hall–Kier alpha value is -1.95. The summed E-state index contributed by atoms with van der Waals surface area (Å²) >= 11 is 0. The van der Waals surface area contributed by atoms with Crippen molar-refractivity contribution >= 4 is 5.96 Å². The molecule has 1 unspecified atom stereocenters. The second-order valence-corrected chi connectivity index (χ2v) is 7.29. The van der Waals surface area contributed by atoms with Gasteiger partial charge in [0.1, 0.15) is 0 Å². The van der Waals surface area contributed by atoms with Crippen molar-refractivity contribution in [1.29, 1.82) is 0 Å². The quantitative estimate of drug-likeness (QED) is 0.512. The van der Waals surface area contributed by atoms with E-state index in [4.69, 9.17) is 9.47 Å². The van der Waals surface area contributed by atoms with E-state index in [0.717, 1.165) is 43.5 Å². The third-order valence-corrected chi connectivity index (χ3v) is 5.01. The van der Waals surface area contributed by atoms with E-state index in [1.807, 2.05) is 19.2 Å². The Morgan fingerprint density at radius 3 is 2.52 bits per heavy atom. The van der Waals surface area contributed by atoms with Crippen LogP contribution in [0.25, 0.3) is 0 Å². The lowest BCUT2D eigenvalue weighted by Gasteiger charge is -2.29. The minimum absolute atomic E-state index is 0.604. The Balaban J connectivity index is 1.70. The summed E-state index contributed by atoms with van der Waals surface area (Å²) in [5.41, 5.74) is 1.20. The fraction of sp³-hybridized carbons (Fsp3) is 0.667. The molecule has 1 aromatic rings. The maximum Gasteiger partial charge on any atom is 0.190 e. The number of rotatable bonds is 9. The average Bonchev–Trinajstić information content (AvgIpc) is 2.71. The van der Waals surface area contributed by atoms with E-state index < -0.39 is 0 Å². The number of hydrogen-bond acceptors (Lipinski definition) is 4. The van der Waals surface area contributed by atoms with Crippen LogP contribution in [0.4, 0.5) is 0 Å². The molecule has 0 aliphatic carbocycles. The van der Waals surface area contributed by atoms with Gasteiger partial charge in [-0.15, -0.1) is 0 Å². The molecule has 1 fully saturated rings. The third-order valence-electron chi connectivity index (χ3n) is 5.01. The first-order valence-corrected chi connectivity index (χ1v) is 10.0. The van der Waals surface area contributed by atoms with Crippen LogP contribution in [0.3, 0.4) is 0 Å². The van der Waals surface area contributed by atoms with Crippen molar-refractivity contribution in [3.8, 4) is 11.5 Å². The van der Waals surface area contributed by atoms with Gasteiger partial charge in [0.15, 0.2) is 17.5 Å². The van der Waals surface area contributed by atoms with E-state index in [-0.39, 0.29) is 0 Å². The molecule has 0 amide bonds. The third kappa shape index (κ3) is 7.29. The summed E-state index contributed by atoms with van der Waals surface area (Å²) in [6.45, 7) is 7.72. The molecule has 1 heterocycles. The Labute approximate surface area is 164 Å². The number of nitrogens with one attached hydrogen (secondary N) is 2. The molecule has 6 nitrogen and oxygen atoms in total. The van der Waals surface area contributed by atoms with Gasteiger partial charge in [0.2, 0.25) is 0 Å². The Morgan fingerprint density at radius 2 is 1.85 bits per heavy atom. The maximum absolute atomic E-state index is 5.37. The standard InChI is InChI=1S/C21H36N4O2/c1-17(16-25-12-6-5-7-13-25)15-24-21(22-2)23-11-10-18-8-9-19(26-3)20(14-18)27-4/h8-9,14,17H,5-7,10-13,15-16H2,1-4H3,(H2,22,23,24). The largest absolute Gasteiger partial charge is 0.493 e. The van der Waals surface area contributed by atoms with Gasteiger partial charge in [-0.25, -0.2) is 0 Å². The molecule has 0 spiro atoms. The molecule has 27 heavy (non-hydrogen) atoms. The van der Waals surface area contributed by atoms with Crippen LogP contribution in [-0.2, 0) is 6.42 Å². The van der Waals surface area contributed by atoms with Crippen LogP contribution >= 0.6 is 0 Å². The van der Waals surface area contributed by atoms with Crippen LogP contribution in [-0.4, -0.2) is 64.9 Å². The molecule has 2 N–H and O–H groups in total. The molecule has 1 aliphatic heterocycles. The second-order valence-electron chi connectivity index (χ2n) is 7.29. The number of guanidine groups is 1. The van der Waals surface area contributed by atoms with Crippen LogP contribution in [0.15, 0.2) is 23.2 Å². The summed E-state index contributed by atoms with van der Waals surface area (Å²) in [4.78, 5) is 6.92.